The average Bonchev–Trinajstić information content (AvgIpc) is 2.65. The highest BCUT2D eigenvalue weighted by Gasteiger charge is 2.10. The molecule has 0 fully saturated rings. The molecule has 1 heterocycles. The number of nitrogens with one attached hydrogen (secondary N) is 1. The Balaban J connectivity index is 2.40. The van der Waals surface area contributed by atoms with Crippen molar-refractivity contribution in [2.45, 2.75) is 6.54 Å². The number of ether oxygens (including phenoxy) is 1. The molecule has 0 radical (unpaired) electrons. The van der Waals surface area contributed by atoms with Gasteiger partial charge in [-0.05, 0) is 23.8 Å². The van der Waals surface area contributed by atoms with E-state index in [1.54, 1.807) is 6.07 Å². The number of benzene rings is 1. The van der Waals surface area contributed by atoms with E-state index >= 15 is 0 Å². The normalized spacial score (nSPS) is 10.5. The number of halogens is 2. The molecule has 0 unspecified atom stereocenters. The minimum Gasteiger partial charge on any atom is -0.467 e. The van der Waals surface area contributed by atoms with Crippen LogP contribution >= 0.6 is 27.5 Å². The molecule has 0 aliphatic heterocycles. The quantitative estimate of drug-likeness (QED) is 0.942. The molecule has 1 aromatic carbocycles. The number of rotatable bonds is 3. The first kappa shape index (κ1) is 12.2. The summed E-state index contributed by atoms with van der Waals surface area (Å²) in [5, 5.41) is 6.64. The first-order valence-electron chi connectivity index (χ1n) is 4.75. The van der Waals surface area contributed by atoms with Crippen LogP contribution in [0.3, 0.4) is 0 Å². The number of methoxy groups -OCH3 is 1. The molecule has 0 atom stereocenters. The van der Waals surface area contributed by atoms with E-state index in [1.807, 2.05) is 12.1 Å². The lowest BCUT2D eigenvalue weighted by molar-refractivity contribution is 0.358. The van der Waals surface area contributed by atoms with Crippen LogP contribution in [0.4, 0.5) is 0 Å². The molecular formula is C10H9BrClN3O2. The highest BCUT2D eigenvalue weighted by atomic mass is 79.9. The van der Waals surface area contributed by atoms with Gasteiger partial charge in [-0.15, -0.1) is 5.10 Å². The van der Waals surface area contributed by atoms with Gasteiger partial charge in [-0.25, -0.2) is 14.5 Å². The van der Waals surface area contributed by atoms with Crippen molar-refractivity contribution in [1.82, 2.24) is 14.8 Å². The first-order chi connectivity index (χ1) is 8.11. The minimum absolute atomic E-state index is 0.228. The average molecular weight is 319 g/mol. The molecule has 0 aliphatic rings. The number of hydrogen-bond acceptors (Lipinski definition) is 3. The Kier molecular flexibility index (Phi) is 3.54. The van der Waals surface area contributed by atoms with Crippen LogP contribution < -0.4 is 10.4 Å². The van der Waals surface area contributed by atoms with Crippen molar-refractivity contribution in [1.29, 1.82) is 0 Å². The molecule has 2 rings (SSSR count). The van der Waals surface area contributed by atoms with Crippen molar-refractivity contribution >= 4 is 27.5 Å². The summed E-state index contributed by atoms with van der Waals surface area (Å²) >= 11 is 9.41. The third-order valence-electron chi connectivity index (χ3n) is 2.24. The van der Waals surface area contributed by atoms with Crippen LogP contribution in [0, 0.1) is 0 Å². The Morgan fingerprint density at radius 2 is 2.35 bits per heavy atom. The molecule has 1 N–H and O–H groups in total. The summed E-state index contributed by atoms with van der Waals surface area (Å²) in [7, 11) is 1.45. The van der Waals surface area contributed by atoms with Crippen molar-refractivity contribution in [2.75, 3.05) is 7.11 Å². The summed E-state index contributed by atoms with van der Waals surface area (Å²) in [4.78, 5) is 11.5. The number of hydrogen-bond donors (Lipinski definition) is 1. The van der Waals surface area contributed by atoms with Gasteiger partial charge in [0.15, 0.2) is 0 Å². The van der Waals surface area contributed by atoms with Crippen LogP contribution in [-0.4, -0.2) is 21.9 Å². The molecule has 0 spiro atoms. The van der Waals surface area contributed by atoms with Crippen molar-refractivity contribution in [3.05, 3.63) is 43.7 Å². The van der Waals surface area contributed by atoms with Crippen molar-refractivity contribution in [2.24, 2.45) is 0 Å². The lowest BCUT2D eigenvalue weighted by Crippen LogP contribution is -2.18. The number of aromatic nitrogens is 3. The maximum absolute atomic E-state index is 11.5. The smallest absolute Gasteiger partial charge is 0.346 e. The first-order valence-corrected chi connectivity index (χ1v) is 5.92. The fourth-order valence-electron chi connectivity index (χ4n) is 1.43. The summed E-state index contributed by atoms with van der Waals surface area (Å²) in [6.45, 7) is 0.302. The van der Waals surface area contributed by atoms with Crippen LogP contribution in [0.15, 0.2) is 27.5 Å². The van der Waals surface area contributed by atoms with Gasteiger partial charge in [-0.3, -0.25) is 0 Å². The minimum atomic E-state index is -0.335. The Bertz CT molecular complexity index is 593. The van der Waals surface area contributed by atoms with Gasteiger partial charge in [0.1, 0.15) is 0 Å². The zero-order valence-corrected chi connectivity index (χ0v) is 11.2. The standard InChI is InChI=1S/C10H9BrClN3O2/c1-17-10-14-13-9(16)15(10)5-6-4-7(11)2-3-8(6)12/h2-4H,5H2,1H3,(H,13,16). The molecule has 0 amide bonds. The Morgan fingerprint density at radius 3 is 3.06 bits per heavy atom. The third-order valence-corrected chi connectivity index (χ3v) is 3.10. The van der Waals surface area contributed by atoms with Gasteiger partial charge in [0, 0.05) is 9.50 Å². The SMILES string of the molecule is COc1n[nH]c(=O)n1Cc1cc(Br)ccc1Cl. The molecule has 90 valence electrons. The van der Waals surface area contributed by atoms with Crippen molar-refractivity contribution in [3.8, 4) is 6.01 Å². The second-order valence-corrected chi connectivity index (χ2v) is 4.66. The van der Waals surface area contributed by atoms with Gasteiger partial charge in [0.05, 0.1) is 13.7 Å². The van der Waals surface area contributed by atoms with Crippen LogP contribution in [0.1, 0.15) is 5.56 Å². The Labute approximate surface area is 110 Å². The molecule has 1 aromatic heterocycles. The highest BCUT2D eigenvalue weighted by molar-refractivity contribution is 9.10. The topological polar surface area (TPSA) is 59.9 Å². The molecule has 0 bridgehead atoms. The van der Waals surface area contributed by atoms with Crippen molar-refractivity contribution in [3.63, 3.8) is 0 Å². The van der Waals surface area contributed by atoms with Gasteiger partial charge in [0.2, 0.25) is 0 Å². The maximum Gasteiger partial charge on any atom is 0.346 e. The number of H-pyrrole nitrogens is 1. The highest BCUT2D eigenvalue weighted by Crippen LogP contribution is 2.22. The molecule has 0 saturated carbocycles. The molecule has 0 saturated heterocycles. The molecule has 5 nitrogen and oxygen atoms in total. The lowest BCUT2D eigenvalue weighted by atomic mass is 10.2. The number of aromatic amines is 1. The summed E-state index contributed by atoms with van der Waals surface area (Å²) in [5.74, 6) is 0. The van der Waals surface area contributed by atoms with Gasteiger partial charge in [-0.1, -0.05) is 27.5 Å². The predicted octanol–water partition coefficient (Wildman–Crippen LogP) is 2.04. The second kappa shape index (κ2) is 4.93. The van der Waals surface area contributed by atoms with E-state index in [0.29, 0.717) is 11.6 Å². The van der Waals surface area contributed by atoms with Crippen LogP contribution in [0.5, 0.6) is 6.01 Å². The van der Waals surface area contributed by atoms with E-state index in [1.165, 1.54) is 11.7 Å². The predicted molar refractivity (Wildman–Crippen MR) is 67.7 cm³/mol. The molecule has 7 heteroatoms. The maximum atomic E-state index is 11.5. The van der Waals surface area contributed by atoms with Crippen LogP contribution in [-0.2, 0) is 6.54 Å². The second-order valence-electron chi connectivity index (χ2n) is 3.34. The van der Waals surface area contributed by atoms with E-state index in [2.05, 4.69) is 26.1 Å². The van der Waals surface area contributed by atoms with Crippen LogP contribution in [0.25, 0.3) is 0 Å². The summed E-state index contributed by atoms with van der Waals surface area (Å²) in [6, 6.07) is 5.67. The molecule has 2 aromatic rings. The fraction of sp³-hybridized carbons (Fsp3) is 0.200. The van der Waals surface area contributed by atoms with Gasteiger partial charge in [0.25, 0.3) is 0 Å². The number of nitrogens with zero attached hydrogens (tertiary/aromatic N) is 2. The zero-order valence-electron chi connectivity index (χ0n) is 8.91. The third kappa shape index (κ3) is 2.53. The Hall–Kier alpha value is -1.27. The van der Waals surface area contributed by atoms with Gasteiger partial charge >= 0.3 is 11.7 Å². The van der Waals surface area contributed by atoms with E-state index < -0.39 is 0 Å². The summed E-state index contributed by atoms with van der Waals surface area (Å²) < 4.78 is 7.24. The van der Waals surface area contributed by atoms with Gasteiger partial charge < -0.3 is 4.74 Å². The summed E-state index contributed by atoms with van der Waals surface area (Å²) in [5.41, 5.74) is 0.473. The van der Waals surface area contributed by atoms with Crippen LogP contribution in [0.2, 0.25) is 5.02 Å². The largest absolute Gasteiger partial charge is 0.467 e. The van der Waals surface area contributed by atoms with Crippen molar-refractivity contribution < 1.29 is 4.74 Å². The lowest BCUT2D eigenvalue weighted by Gasteiger charge is -2.06. The van der Waals surface area contributed by atoms with Gasteiger partial charge in [-0.2, -0.15) is 0 Å². The zero-order chi connectivity index (χ0) is 12.4. The Morgan fingerprint density at radius 1 is 1.59 bits per heavy atom. The van der Waals surface area contributed by atoms with E-state index in [-0.39, 0.29) is 11.7 Å². The van der Waals surface area contributed by atoms with E-state index in [9.17, 15) is 4.79 Å². The molecule has 0 aliphatic carbocycles. The fourth-order valence-corrected chi connectivity index (χ4v) is 2.02. The van der Waals surface area contributed by atoms with E-state index in [0.717, 1.165) is 10.0 Å². The molecule has 17 heavy (non-hydrogen) atoms. The summed E-state index contributed by atoms with van der Waals surface area (Å²) in [6.07, 6.45) is 0. The molecular weight excluding hydrogens is 309 g/mol. The monoisotopic (exact) mass is 317 g/mol. The van der Waals surface area contributed by atoms with E-state index in [4.69, 9.17) is 16.3 Å².